The number of aromatic nitrogens is 3. The number of thiophene rings is 1. The highest BCUT2D eigenvalue weighted by Gasteiger charge is 2.25. The second-order valence-electron chi connectivity index (χ2n) is 5.69. The zero-order valence-electron chi connectivity index (χ0n) is 12.2. The lowest BCUT2D eigenvalue weighted by Crippen LogP contribution is -2.14. The first-order valence-corrected chi connectivity index (χ1v) is 8.31. The van der Waals surface area contributed by atoms with Crippen LogP contribution in [-0.4, -0.2) is 20.5 Å². The number of anilines is 1. The minimum Gasteiger partial charge on any atom is -0.318 e. The number of carbonyl (C=O) groups excluding carboxylic acids is 1. The summed E-state index contributed by atoms with van der Waals surface area (Å²) in [6.45, 7) is 1.94. The molecule has 1 saturated carbocycles. The molecule has 3 heterocycles. The number of nitrogens with zero attached hydrogens (tertiary/aromatic N) is 3. The van der Waals surface area contributed by atoms with Gasteiger partial charge < -0.3 is 5.32 Å². The summed E-state index contributed by atoms with van der Waals surface area (Å²) in [5.41, 5.74) is 2.41. The average molecular weight is 312 g/mol. The standard InChI is InChI=1S/C16H16N4OS/c1-10-7-9-22-13(10)16(21)17-12-6-3-8-20-14(11-4-2-5-11)18-19-15(12)20/h3,6-9,11H,2,4-5H2,1H3,(H,17,21). The minimum absolute atomic E-state index is 0.0891. The van der Waals surface area contributed by atoms with Gasteiger partial charge in [-0.1, -0.05) is 6.42 Å². The van der Waals surface area contributed by atoms with Crippen LogP contribution in [0.15, 0.2) is 29.8 Å². The first-order chi connectivity index (χ1) is 10.7. The summed E-state index contributed by atoms with van der Waals surface area (Å²) in [6, 6.07) is 5.75. The third-order valence-electron chi connectivity index (χ3n) is 4.25. The highest BCUT2D eigenvalue weighted by molar-refractivity contribution is 7.12. The Kier molecular flexibility index (Phi) is 3.18. The maximum Gasteiger partial charge on any atom is 0.266 e. The fourth-order valence-electron chi connectivity index (χ4n) is 2.76. The molecule has 4 rings (SSSR count). The number of nitrogens with one attached hydrogen (secondary N) is 1. The summed E-state index contributed by atoms with van der Waals surface area (Å²) in [6.07, 6.45) is 5.57. The first-order valence-electron chi connectivity index (χ1n) is 7.43. The molecule has 3 aromatic heterocycles. The van der Waals surface area contributed by atoms with Gasteiger partial charge in [-0.15, -0.1) is 21.5 Å². The van der Waals surface area contributed by atoms with E-state index in [0.29, 0.717) is 17.3 Å². The van der Waals surface area contributed by atoms with E-state index < -0.39 is 0 Å². The third-order valence-corrected chi connectivity index (χ3v) is 5.26. The highest BCUT2D eigenvalue weighted by Crippen LogP contribution is 2.35. The Bertz CT molecular complexity index is 847. The monoisotopic (exact) mass is 312 g/mol. The molecule has 1 fully saturated rings. The van der Waals surface area contributed by atoms with Crippen molar-refractivity contribution in [1.82, 2.24) is 14.6 Å². The molecule has 0 unspecified atom stereocenters. The van der Waals surface area contributed by atoms with E-state index in [2.05, 4.69) is 15.5 Å². The van der Waals surface area contributed by atoms with E-state index in [0.717, 1.165) is 16.3 Å². The van der Waals surface area contributed by atoms with Crippen LogP contribution in [0.25, 0.3) is 5.65 Å². The summed E-state index contributed by atoms with van der Waals surface area (Å²) >= 11 is 1.45. The molecule has 0 radical (unpaired) electrons. The predicted molar refractivity (Wildman–Crippen MR) is 86.6 cm³/mol. The van der Waals surface area contributed by atoms with Crippen LogP contribution in [-0.2, 0) is 0 Å². The number of pyridine rings is 1. The van der Waals surface area contributed by atoms with Crippen LogP contribution < -0.4 is 5.32 Å². The van der Waals surface area contributed by atoms with Gasteiger partial charge in [0.25, 0.3) is 5.91 Å². The summed E-state index contributed by atoms with van der Waals surface area (Å²) in [5, 5.41) is 13.5. The van der Waals surface area contributed by atoms with Crippen LogP contribution >= 0.6 is 11.3 Å². The fraction of sp³-hybridized carbons (Fsp3) is 0.312. The second kappa shape index (κ2) is 5.21. The van der Waals surface area contributed by atoms with Crippen LogP contribution in [0.3, 0.4) is 0 Å². The SMILES string of the molecule is Cc1ccsc1C(=O)Nc1cccn2c(C3CCC3)nnc12. The lowest BCUT2D eigenvalue weighted by molar-refractivity contribution is 0.103. The smallest absolute Gasteiger partial charge is 0.266 e. The second-order valence-corrected chi connectivity index (χ2v) is 6.60. The molecule has 0 saturated heterocycles. The molecular weight excluding hydrogens is 296 g/mol. The van der Waals surface area contributed by atoms with Gasteiger partial charge >= 0.3 is 0 Å². The topological polar surface area (TPSA) is 59.3 Å². The van der Waals surface area contributed by atoms with E-state index in [9.17, 15) is 4.79 Å². The number of hydrogen-bond donors (Lipinski definition) is 1. The first kappa shape index (κ1) is 13.5. The van der Waals surface area contributed by atoms with E-state index in [-0.39, 0.29) is 5.91 Å². The number of fused-ring (bicyclic) bond motifs is 1. The van der Waals surface area contributed by atoms with Gasteiger partial charge in [0, 0.05) is 12.1 Å². The van der Waals surface area contributed by atoms with Crippen LogP contribution in [0.5, 0.6) is 0 Å². The van der Waals surface area contributed by atoms with Crippen molar-refractivity contribution in [2.75, 3.05) is 5.32 Å². The molecule has 0 bridgehead atoms. The quantitative estimate of drug-likeness (QED) is 0.803. The number of hydrogen-bond acceptors (Lipinski definition) is 4. The zero-order chi connectivity index (χ0) is 15.1. The van der Waals surface area contributed by atoms with E-state index in [4.69, 9.17) is 0 Å². The van der Waals surface area contributed by atoms with Crippen molar-refractivity contribution >= 4 is 28.6 Å². The van der Waals surface area contributed by atoms with Crippen LogP contribution in [0.1, 0.15) is 46.2 Å². The molecule has 0 atom stereocenters. The van der Waals surface area contributed by atoms with E-state index in [1.54, 1.807) is 0 Å². The summed E-state index contributed by atoms with van der Waals surface area (Å²) in [5.74, 6) is 1.42. The molecule has 1 N–H and O–H groups in total. The molecule has 1 amide bonds. The Labute approximate surface area is 132 Å². The summed E-state index contributed by atoms with van der Waals surface area (Å²) < 4.78 is 2.00. The minimum atomic E-state index is -0.0891. The van der Waals surface area contributed by atoms with Gasteiger partial charge in [-0.2, -0.15) is 0 Å². The maximum absolute atomic E-state index is 12.4. The number of rotatable bonds is 3. The van der Waals surface area contributed by atoms with Gasteiger partial charge in [0.15, 0.2) is 5.65 Å². The normalized spacial score (nSPS) is 15.0. The molecule has 112 valence electrons. The van der Waals surface area contributed by atoms with Crippen LogP contribution in [0, 0.1) is 6.92 Å². The van der Waals surface area contributed by atoms with Crippen molar-refractivity contribution in [3.8, 4) is 0 Å². The highest BCUT2D eigenvalue weighted by atomic mass is 32.1. The molecule has 0 aromatic carbocycles. The van der Waals surface area contributed by atoms with Gasteiger partial charge in [0.1, 0.15) is 5.82 Å². The largest absolute Gasteiger partial charge is 0.318 e. The third kappa shape index (κ3) is 2.11. The number of amides is 1. The van der Waals surface area contributed by atoms with Crippen molar-refractivity contribution in [3.05, 3.63) is 46.0 Å². The number of carbonyl (C=O) groups is 1. The maximum atomic E-state index is 12.4. The molecule has 5 nitrogen and oxygen atoms in total. The Morgan fingerprint density at radius 1 is 1.36 bits per heavy atom. The molecular formula is C16H16N4OS. The molecule has 1 aliphatic carbocycles. The number of aryl methyl sites for hydroxylation is 1. The summed E-state index contributed by atoms with van der Waals surface area (Å²) in [7, 11) is 0. The fourth-order valence-corrected chi connectivity index (χ4v) is 3.58. The van der Waals surface area contributed by atoms with Gasteiger partial charge in [0.05, 0.1) is 10.6 Å². The molecule has 0 spiro atoms. The molecule has 3 aromatic rings. The van der Waals surface area contributed by atoms with Crippen LogP contribution in [0.2, 0.25) is 0 Å². The van der Waals surface area contributed by atoms with Gasteiger partial charge in [-0.25, -0.2) is 0 Å². The van der Waals surface area contributed by atoms with Gasteiger partial charge in [0.2, 0.25) is 0 Å². The van der Waals surface area contributed by atoms with Crippen molar-refractivity contribution in [2.24, 2.45) is 0 Å². The Balaban J connectivity index is 1.68. The molecule has 0 aliphatic heterocycles. The van der Waals surface area contributed by atoms with Gasteiger partial charge in [-0.05, 0) is 48.9 Å². The van der Waals surface area contributed by atoms with E-state index >= 15 is 0 Å². The average Bonchev–Trinajstić information content (AvgIpc) is 3.05. The molecule has 22 heavy (non-hydrogen) atoms. The van der Waals surface area contributed by atoms with E-state index in [1.807, 2.05) is 41.1 Å². The van der Waals surface area contributed by atoms with Crippen molar-refractivity contribution in [3.63, 3.8) is 0 Å². The van der Waals surface area contributed by atoms with Crippen molar-refractivity contribution in [2.45, 2.75) is 32.1 Å². The lowest BCUT2D eigenvalue weighted by atomic mass is 9.85. The van der Waals surface area contributed by atoms with Crippen molar-refractivity contribution < 1.29 is 4.79 Å². The van der Waals surface area contributed by atoms with Gasteiger partial charge in [-0.3, -0.25) is 9.20 Å². The Hall–Kier alpha value is -2.21. The Morgan fingerprint density at radius 2 is 2.23 bits per heavy atom. The van der Waals surface area contributed by atoms with E-state index in [1.165, 1.54) is 30.6 Å². The Morgan fingerprint density at radius 3 is 2.91 bits per heavy atom. The predicted octanol–water partition coefficient (Wildman–Crippen LogP) is 3.62. The lowest BCUT2D eigenvalue weighted by Gasteiger charge is -2.23. The summed E-state index contributed by atoms with van der Waals surface area (Å²) in [4.78, 5) is 13.1. The van der Waals surface area contributed by atoms with Crippen LogP contribution in [0.4, 0.5) is 5.69 Å². The molecule has 6 heteroatoms. The van der Waals surface area contributed by atoms with Crippen molar-refractivity contribution in [1.29, 1.82) is 0 Å². The molecule has 1 aliphatic rings. The zero-order valence-corrected chi connectivity index (χ0v) is 13.1.